The van der Waals surface area contributed by atoms with Crippen LogP contribution in [0.1, 0.15) is 52.9 Å². The lowest BCUT2D eigenvalue weighted by atomic mass is 9.75. The van der Waals surface area contributed by atoms with E-state index in [4.69, 9.17) is 0 Å². The highest BCUT2D eigenvalue weighted by Crippen LogP contribution is 2.62. The Morgan fingerprint density at radius 2 is 2.00 bits per heavy atom. The molecule has 3 fully saturated rings. The predicted molar refractivity (Wildman–Crippen MR) is 64.2 cm³/mol. The van der Waals surface area contributed by atoms with Gasteiger partial charge in [0.15, 0.2) is 0 Å². The maximum atomic E-state index is 13.7. The Morgan fingerprint density at radius 3 is 2.56 bits per heavy atom. The maximum Gasteiger partial charge on any atom is 0.115 e. The molecule has 3 aliphatic rings. The van der Waals surface area contributed by atoms with Crippen LogP contribution in [0.4, 0.5) is 4.39 Å². The second-order valence-electron chi connectivity index (χ2n) is 7.82. The van der Waals surface area contributed by atoms with Gasteiger partial charge in [-0.3, -0.25) is 4.90 Å². The van der Waals surface area contributed by atoms with E-state index >= 15 is 0 Å². The normalized spacial score (nSPS) is 41.6. The van der Waals surface area contributed by atoms with Crippen LogP contribution in [0.15, 0.2) is 0 Å². The summed E-state index contributed by atoms with van der Waals surface area (Å²) in [5.41, 5.74) is 1.16. The summed E-state index contributed by atoms with van der Waals surface area (Å²) >= 11 is 0. The Kier molecular flexibility index (Phi) is 2.07. The summed E-state index contributed by atoms with van der Waals surface area (Å²) in [6.45, 7) is 8.78. The van der Waals surface area contributed by atoms with Crippen molar-refractivity contribution in [3.63, 3.8) is 0 Å². The van der Waals surface area contributed by atoms with E-state index in [1.807, 2.05) is 0 Å². The molecule has 2 saturated heterocycles. The highest BCUT2D eigenvalue weighted by atomic mass is 19.1. The van der Waals surface area contributed by atoms with Crippen LogP contribution < -0.4 is 0 Å². The molecule has 1 saturated carbocycles. The van der Waals surface area contributed by atoms with Gasteiger partial charge in [-0.1, -0.05) is 20.8 Å². The average molecular weight is 225 g/mol. The lowest BCUT2D eigenvalue weighted by Crippen LogP contribution is -2.41. The Labute approximate surface area is 98.4 Å². The molecule has 0 aromatic carbocycles. The van der Waals surface area contributed by atoms with Gasteiger partial charge in [0.25, 0.3) is 0 Å². The largest absolute Gasteiger partial charge is 0.294 e. The molecule has 2 aliphatic heterocycles. The van der Waals surface area contributed by atoms with Crippen molar-refractivity contribution in [2.24, 2.45) is 10.8 Å². The summed E-state index contributed by atoms with van der Waals surface area (Å²) in [5, 5.41) is 0. The SMILES string of the molecule is CC(C)(C)CC12CC(F)CN1CC1(CC1)C2. The van der Waals surface area contributed by atoms with Gasteiger partial charge in [-0.2, -0.15) is 0 Å². The van der Waals surface area contributed by atoms with Gasteiger partial charge in [0, 0.05) is 18.6 Å². The Hall–Kier alpha value is -0.110. The molecule has 0 aromatic rings. The van der Waals surface area contributed by atoms with Gasteiger partial charge in [0.2, 0.25) is 0 Å². The number of alkyl halides is 1. The fraction of sp³-hybridized carbons (Fsp3) is 1.00. The maximum absolute atomic E-state index is 13.7. The summed E-state index contributed by atoms with van der Waals surface area (Å²) < 4.78 is 13.7. The summed E-state index contributed by atoms with van der Waals surface area (Å²) in [6, 6.07) is 0. The molecule has 0 radical (unpaired) electrons. The second kappa shape index (κ2) is 3.01. The lowest BCUT2D eigenvalue weighted by molar-refractivity contribution is 0.129. The number of fused-ring (bicyclic) bond motifs is 1. The highest BCUT2D eigenvalue weighted by Gasteiger charge is 2.62. The Morgan fingerprint density at radius 1 is 1.31 bits per heavy atom. The van der Waals surface area contributed by atoms with Gasteiger partial charge in [-0.15, -0.1) is 0 Å². The highest BCUT2D eigenvalue weighted by molar-refractivity contribution is 5.16. The third kappa shape index (κ3) is 1.70. The molecule has 1 spiro atoms. The fourth-order valence-electron chi connectivity index (χ4n) is 4.36. The molecule has 0 aromatic heterocycles. The van der Waals surface area contributed by atoms with E-state index in [9.17, 15) is 4.39 Å². The Balaban J connectivity index is 1.84. The van der Waals surface area contributed by atoms with Crippen molar-refractivity contribution >= 4 is 0 Å². The molecular weight excluding hydrogens is 201 g/mol. The number of halogens is 1. The monoisotopic (exact) mass is 225 g/mol. The van der Waals surface area contributed by atoms with E-state index in [1.54, 1.807) is 0 Å². The van der Waals surface area contributed by atoms with Gasteiger partial charge >= 0.3 is 0 Å². The lowest BCUT2D eigenvalue weighted by Gasteiger charge is -2.37. The van der Waals surface area contributed by atoms with Crippen molar-refractivity contribution in [1.82, 2.24) is 4.90 Å². The van der Waals surface area contributed by atoms with E-state index in [0.29, 0.717) is 17.4 Å². The van der Waals surface area contributed by atoms with E-state index in [0.717, 1.165) is 6.42 Å². The number of nitrogens with zero attached hydrogens (tertiary/aromatic N) is 1. The van der Waals surface area contributed by atoms with Crippen molar-refractivity contribution < 1.29 is 4.39 Å². The van der Waals surface area contributed by atoms with E-state index in [-0.39, 0.29) is 5.54 Å². The first-order chi connectivity index (χ1) is 7.33. The number of rotatable bonds is 1. The van der Waals surface area contributed by atoms with E-state index in [2.05, 4.69) is 25.7 Å². The standard InChI is InChI=1S/C14H24FN/c1-12(2,3)8-14-6-11(15)7-16(14)10-13(9-14)4-5-13/h11H,4-10H2,1-3H3. The van der Waals surface area contributed by atoms with Gasteiger partial charge in [0.05, 0.1) is 0 Å². The molecule has 3 rings (SSSR count). The molecule has 0 bridgehead atoms. The van der Waals surface area contributed by atoms with Crippen LogP contribution >= 0.6 is 0 Å². The van der Waals surface area contributed by atoms with Crippen LogP contribution in [0, 0.1) is 10.8 Å². The van der Waals surface area contributed by atoms with Crippen LogP contribution in [0.3, 0.4) is 0 Å². The summed E-state index contributed by atoms with van der Waals surface area (Å²) in [4.78, 5) is 2.50. The van der Waals surface area contributed by atoms with Crippen LogP contribution in [-0.4, -0.2) is 29.7 Å². The topological polar surface area (TPSA) is 3.24 Å². The minimum atomic E-state index is -0.571. The molecule has 0 amide bonds. The quantitative estimate of drug-likeness (QED) is 0.661. The first-order valence-electron chi connectivity index (χ1n) is 6.72. The molecule has 2 atom stereocenters. The van der Waals surface area contributed by atoms with Gasteiger partial charge in [-0.25, -0.2) is 4.39 Å². The zero-order chi connectivity index (χ0) is 11.6. The number of hydrogen-bond acceptors (Lipinski definition) is 1. The van der Waals surface area contributed by atoms with Crippen LogP contribution in [0.5, 0.6) is 0 Å². The molecule has 16 heavy (non-hydrogen) atoms. The smallest absolute Gasteiger partial charge is 0.115 e. The molecule has 92 valence electrons. The zero-order valence-corrected chi connectivity index (χ0v) is 10.9. The molecule has 0 N–H and O–H groups in total. The third-order valence-corrected chi connectivity index (χ3v) is 4.74. The van der Waals surface area contributed by atoms with Crippen LogP contribution in [0.2, 0.25) is 0 Å². The molecule has 1 nitrogen and oxygen atoms in total. The predicted octanol–water partition coefficient (Wildman–Crippen LogP) is 3.39. The van der Waals surface area contributed by atoms with Crippen molar-refractivity contribution in [1.29, 1.82) is 0 Å². The number of hydrogen-bond donors (Lipinski definition) is 0. The van der Waals surface area contributed by atoms with Gasteiger partial charge < -0.3 is 0 Å². The van der Waals surface area contributed by atoms with Crippen LogP contribution in [0.25, 0.3) is 0 Å². The third-order valence-electron chi connectivity index (χ3n) is 4.74. The molecule has 2 heteroatoms. The van der Waals surface area contributed by atoms with Gasteiger partial charge in [0.1, 0.15) is 6.17 Å². The van der Waals surface area contributed by atoms with Crippen LogP contribution in [-0.2, 0) is 0 Å². The van der Waals surface area contributed by atoms with E-state index < -0.39 is 6.17 Å². The zero-order valence-electron chi connectivity index (χ0n) is 10.9. The molecule has 1 aliphatic carbocycles. The van der Waals surface area contributed by atoms with Crippen molar-refractivity contribution in [2.75, 3.05) is 13.1 Å². The minimum Gasteiger partial charge on any atom is -0.294 e. The average Bonchev–Trinajstić information content (AvgIpc) is 2.64. The first-order valence-corrected chi connectivity index (χ1v) is 6.72. The molecule has 2 heterocycles. The van der Waals surface area contributed by atoms with Crippen molar-refractivity contribution in [3.8, 4) is 0 Å². The van der Waals surface area contributed by atoms with Crippen molar-refractivity contribution in [2.45, 2.75) is 64.6 Å². The summed E-state index contributed by atoms with van der Waals surface area (Å²) in [5.74, 6) is 0. The summed E-state index contributed by atoms with van der Waals surface area (Å²) in [6.07, 6.45) is 5.46. The van der Waals surface area contributed by atoms with E-state index in [1.165, 1.54) is 32.2 Å². The minimum absolute atomic E-state index is 0.216. The summed E-state index contributed by atoms with van der Waals surface area (Å²) in [7, 11) is 0. The fourth-order valence-corrected chi connectivity index (χ4v) is 4.36. The molecule has 2 unspecified atom stereocenters. The first kappa shape index (κ1) is 11.0. The second-order valence-corrected chi connectivity index (χ2v) is 7.82. The molecular formula is C14H24FN. The van der Waals surface area contributed by atoms with Crippen molar-refractivity contribution in [3.05, 3.63) is 0 Å². The Bertz CT molecular complexity index is 302. The van der Waals surface area contributed by atoms with Gasteiger partial charge in [-0.05, 0) is 42.9 Å².